The van der Waals surface area contributed by atoms with Crippen molar-refractivity contribution in [2.45, 2.75) is 46.3 Å². The van der Waals surface area contributed by atoms with Crippen LogP contribution in [0.25, 0.3) is 0 Å². The summed E-state index contributed by atoms with van der Waals surface area (Å²) in [5, 5.41) is 10.5. The molecule has 9 nitrogen and oxygen atoms in total. The number of hydrogen-bond donors (Lipinski definition) is 2. The van der Waals surface area contributed by atoms with Crippen LogP contribution < -0.4 is 15.5 Å². The van der Waals surface area contributed by atoms with Gasteiger partial charge in [0.05, 0.1) is 24.1 Å². The molecule has 1 aliphatic heterocycles. The van der Waals surface area contributed by atoms with Gasteiger partial charge in [0, 0.05) is 31.5 Å². The monoisotopic (exact) mass is 424 g/mol. The molecule has 3 aromatic rings. The van der Waals surface area contributed by atoms with Crippen LogP contribution in [0.3, 0.4) is 0 Å². The Bertz CT molecular complexity index is 1130. The number of fused-ring (bicyclic) bond motifs is 1. The molecule has 1 atom stereocenters. The lowest BCUT2D eigenvalue weighted by Gasteiger charge is -2.34. The first-order valence-corrected chi connectivity index (χ1v) is 10.1. The average molecular weight is 424 g/mol. The number of hydrogen-bond acceptors (Lipinski definition) is 7. The highest BCUT2D eigenvalue weighted by atomic mass is 19.1. The Morgan fingerprint density at radius 1 is 1.19 bits per heavy atom. The maximum Gasteiger partial charge on any atom is 0.247 e. The van der Waals surface area contributed by atoms with Crippen molar-refractivity contribution in [3.8, 4) is 0 Å². The minimum atomic E-state index is -0.321. The van der Waals surface area contributed by atoms with Gasteiger partial charge in [0.15, 0.2) is 5.82 Å². The van der Waals surface area contributed by atoms with E-state index in [0.29, 0.717) is 48.4 Å². The smallest absolute Gasteiger partial charge is 0.247 e. The second-order valence-corrected chi connectivity index (χ2v) is 7.67. The molecule has 2 N–H and O–H groups in total. The van der Waals surface area contributed by atoms with Crippen molar-refractivity contribution >= 4 is 23.4 Å². The van der Waals surface area contributed by atoms with Crippen molar-refractivity contribution in [2.75, 3.05) is 22.6 Å². The quantitative estimate of drug-likeness (QED) is 0.627. The van der Waals surface area contributed by atoms with Crippen LogP contribution in [0, 0.1) is 19.7 Å². The van der Waals surface area contributed by atoms with Crippen LogP contribution in [-0.4, -0.2) is 43.7 Å². The second-order valence-electron chi connectivity index (χ2n) is 7.67. The average Bonchev–Trinajstić information content (AvgIpc) is 3.18. The Morgan fingerprint density at radius 3 is 2.74 bits per heavy atom. The van der Waals surface area contributed by atoms with E-state index in [9.17, 15) is 9.18 Å². The van der Waals surface area contributed by atoms with Crippen molar-refractivity contribution in [1.29, 1.82) is 0 Å². The first-order valence-electron chi connectivity index (χ1n) is 10.1. The van der Waals surface area contributed by atoms with Gasteiger partial charge in [-0.1, -0.05) is 6.92 Å². The summed E-state index contributed by atoms with van der Waals surface area (Å²) in [5.41, 5.74) is 3.41. The normalized spacial score (nSPS) is 15.6. The molecule has 162 valence electrons. The van der Waals surface area contributed by atoms with E-state index in [1.54, 1.807) is 24.0 Å². The van der Waals surface area contributed by atoms with Crippen LogP contribution in [0.15, 0.2) is 24.7 Å². The standard InChI is InChI=1S/C21H25FN8O/c1-5-17-20(31)27-18-13(3)26-21(28-19(18)29(17)4)24-8-15-9-25-30(11-15)10-14-6-16(22)12(2)23-7-14/h6-7,9,11,17H,5,8,10H2,1-4H3,(H,27,31)(H,24,26,28)/t17-/m0/s1. The number of amides is 1. The van der Waals surface area contributed by atoms with Crippen LogP contribution in [0.2, 0.25) is 0 Å². The lowest BCUT2D eigenvalue weighted by molar-refractivity contribution is -0.117. The van der Waals surface area contributed by atoms with Gasteiger partial charge in [-0.2, -0.15) is 10.1 Å². The van der Waals surface area contributed by atoms with E-state index in [0.717, 1.165) is 11.1 Å². The van der Waals surface area contributed by atoms with Gasteiger partial charge in [-0.3, -0.25) is 14.5 Å². The summed E-state index contributed by atoms with van der Waals surface area (Å²) < 4.78 is 15.4. The maximum absolute atomic E-state index is 13.7. The molecule has 0 radical (unpaired) electrons. The highest BCUT2D eigenvalue weighted by molar-refractivity contribution is 6.03. The highest BCUT2D eigenvalue weighted by Gasteiger charge is 2.32. The fourth-order valence-electron chi connectivity index (χ4n) is 3.61. The van der Waals surface area contributed by atoms with E-state index in [-0.39, 0.29) is 17.8 Å². The van der Waals surface area contributed by atoms with Crippen molar-refractivity contribution in [1.82, 2.24) is 24.7 Å². The summed E-state index contributed by atoms with van der Waals surface area (Å²) in [5.74, 6) is 0.816. The van der Waals surface area contributed by atoms with Gasteiger partial charge in [-0.15, -0.1) is 0 Å². The van der Waals surface area contributed by atoms with Crippen LogP contribution in [-0.2, 0) is 17.9 Å². The summed E-state index contributed by atoms with van der Waals surface area (Å²) >= 11 is 0. The van der Waals surface area contributed by atoms with E-state index >= 15 is 0 Å². The van der Waals surface area contributed by atoms with E-state index < -0.39 is 0 Å². The summed E-state index contributed by atoms with van der Waals surface area (Å²) in [6.07, 6.45) is 5.97. The number of carbonyl (C=O) groups is 1. The molecule has 0 aromatic carbocycles. The van der Waals surface area contributed by atoms with Crippen molar-refractivity contribution < 1.29 is 9.18 Å². The molecule has 4 rings (SSSR count). The summed E-state index contributed by atoms with van der Waals surface area (Å²) in [4.78, 5) is 27.3. The summed E-state index contributed by atoms with van der Waals surface area (Å²) in [6.45, 7) is 6.36. The maximum atomic E-state index is 13.7. The zero-order valence-corrected chi connectivity index (χ0v) is 18.0. The molecule has 4 heterocycles. The van der Waals surface area contributed by atoms with Gasteiger partial charge in [0.1, 0.15) is 17.5 Å². The predicted octanol–water partition coefficient (Wildman–Crippen LogP) is 2.65. The van der Waals surface area contributed by atoms with E-state index in [4.69, 9.17) is 0 Å². The van der Waals surface area contributed by atoms with E-state index in [1.807, 2.05) is 32.0 Å². The molecule has 10 heteroatoms. The number of nitrogens with zero attached hydrogens (tertiary/aromatic N) is 6. The molecule has 0 spiro atoms. The zero-order chi connectivity index (χ0) is 22.1. The van der Waals surface area contributed by atoms with Crippen molar-refractivity contribution in [2.24, 2.45) is 0 Å². The Kier molecular flexibility index (Phi) is 5.53. The molecule has 0 bridgehead atoms. The molecule has 3 aromatic heterocycles. The zero-order valence-electron chi connectivity index (χ0n) is 18.0. The number of halogens is 1. The third kappa shape index (κ3) is 4.18. The molecule has 1 amide bonds. The van der Waals surface area contributed by atoms with Crippen molar-refractivity contribution in [3.05, 3.63) is 53.0 Å². The van der Waals surface area contributed by atoms with E-state index in [1.165, 1.54) is 6.07 Å². The number of rotatable bonds is 6. The number of aryl methyl sites for hydroxylation is 2. The van der Waals surface area contributed by atoms with E-state index in [2.05, 4.69) is 30.7 Å². The molecule has 0 unspecified atom stereocenters. The van der Waals surface area contributed by atoms with Gasteiger partial charge < -0.3 is 15.5 Å². The van der Waals surface area contributed by atoms with Gasteiger partial charge in [0.25, 0.3) is 0 Å². The summed E-state index contributed by atoms with van der Waals surface area (Å²) in [6, 6.07) is 1.22. The third-order valence-corrected chi connectivity index (χ3v) is 5.37. The first kappa shape index (κ1) is 20.7. The Balaban J connectivity index is 1.45. The molecular formula is C21H25FN8O. The van der Waals surface area contributed by atoms with Crippen molar-refractivity contribution in [3.63, 3.8) is 0 Å². The fourth-order valence-corrected chi connectivity index (χ4v) is 3.61. The lowest BCUT2D eigenvalue weighted by Crippen LogP contribution is -2.46. The molecule has 0 saturated carbocycles. The summed E-state index contributed by atoms with van der Waals surface area (Å²) in [7, 11) is 1.87. The largest absolute Gasteiger partial charge is 0.350 e. The fraction of sp³-hybridized carbons (Fsp3) is 0.381. The second kappa shape index (κ2) is 8.29. The minimum Gasteiger partial charge on any atom is -0.350 e. The topological polar surface area (TPSA) is 101 Å². The van der Waals surface area contributed by atoms with Crippen LogP contribution in [0.1, 0.15) is 35.9 Å². The molecule has 1 aliphatic rings. The molecule has 0 saturated heterocycles. The number of nitrogens with one attached hydrogen (secondary N) is 2. The Hall–Kier alpha value is -3.56. The predicted molar refractivity (Wildman–Crippen MR) is 115 cm³/mol. The number of pyridine rings is 1. The minimum absolute atomic E-state index is 0.0408. The van der Waals surface area contributed by atoms with Gasteiger partial charge in [-0.25, -0.2) is 9.37 Å². The Morgan fingerprint density at radius 2 is 2.00 bits per heavy atom. The van der Waals surface area contributed by atoms with Gasteiger partial charge >= 0.3 is 0 Å². The molecule has 0 aliphatic carbocycles. The van der Waals surface area contributed by atoms with Crippen LogP contribution in [0.5, 0.6) is 0 Å². The number of anilines is 3. The molecule has 31 heavy (non-hydrogen) atoms. The lowest BCUT2D eigenvalue weighted by atomic mass is 10.1. The highest BCUT2D eigenvalue weighted by Crippen LogP contribution is 2.32. The Labute approximate surface area is 179 Å². The number of likely N-dealkylation sites (N-methyl/N-ethyl adjacent to an activating group) is 1. The molecule has 0 fully saturated rings. The third-order valence-electron chi connectivity index (χ3n) is 5.37. The SMILES string of the molecule is CC[C@H]1C(=O)Nc2c(C)nc(NCc3cnn(Cc4cnc(C)c(F)c4)c3)nc2N1C. The van der Waals surface area contributed by atoms with Gasteiger partial charge in [0.2, 0.25) is 11.9 Å². The van der Waals surface area contributed by atoms with Gasteiger partial charge in [-0.05, 0) is 31.9 Å². The number of aromatic nitrogens is 5. The number of carbonyl (C=O) groups excluding carboxylic acids is 1. The van der Waals surface area contributed by atoms with Crippen LogP contribution >= 0.6 is 0 Å². The van der Waals surface area contributed by atoms with Crippen LogP contribution in [0.4, 0.5) is 21.8 Å². The molecular weight excluding hydrogens is 399 g/mol. The first-order chi connectivity index (χ1) is 14.9.